The van der Waals surface area contributed by atoms with E-state index in [1.54, 1.807) is 6.07 Å². The summed E-state index contributed by atoms with van der Waals surface area (Å²) in [5.74, 6) is 6.67. The summed E-state index contributed by atoms with van der Waals surface area (Å²) in [4.78, 5) is 8.26. The summed E-state index contributed by atoms with van der Waals surface area (Å²) in [6.07, 6.45) is 0. The molecule has 8 nitrogen and oxygen atoms in total. The number of nitrogen functional groups attached to an aromatic ring is 1. The standard InChI is InChI=1S/C10H19N5O3/c1-10(17,6-16)5-12-7-3-8(15-11)14-9(13-7)4-18-2/h3,16-17H,4-6,11H2,1-2H3,(H2,12,13,14,15). The van der Waals surface area contributed by atoms with Gasteiger partial charge in [-0.15, -0.1) is 0 Å². The Hall–Kier alpha value is -1.48. The number of nitrogens with two attached hydrogens (primary N) is 1. The van der Waals surface area contributed by atoms with Crippen LogP contribution in [0.5, 0.6) is 0 Å². The zero-order chi connectivity index (χ0) is 13.6. The van der Waals surface area contributed by atoms with Gasteiger partial charge in [-0.2, -0.15) is 0 Å². The second-order valence-corrected chi connectivity index (χ2v) is 4.14. The minimum Gasteiger partial charge on any atom is -0.393 e. The van der Waals surface area contributed by atoms with Crippen LogP contribution in [-0.4, -0.2) is 46.0 Å². The largest absolute Gasteiger partial charge is 0.393 e. The Morgan fingerprint density at radius 1 is 1.44 bits per heavy atom. The summed E-state index contributed by atoms with van der Waals surface area (Å²) in [5.41, 5.74) is 1.20. The summed E-state index contributed by atoms with van der Waals surface area (Å²) < 4.78 is 4.94. The predicted octanol–water partition coefficient (Wildman–Crippen LogP) is -0.936. The van der Waals surface area contributed by atoms with Gasteiger partial charge in [-0.1, -0.05) is 0 Å². The van der Waals surface area contributed by atoms with Gasteiger partial charge in [0, 0.05) is 19.7 Å². The molecule has 0 aromatic carbocycles. The number of anilines is 2. The molecule has 0 saturated heterocycles. The van der Waals surface area contributed by atoms with Crippen molar-refractivity contribution in [1.29, 1.82) is 0 Å². The molecule has 1 aromatic heterocycles. The lowest BCUT2D eigenvalue weighted by atomic mass is 10.1. The van der Waals surface area contributed by atoms with E-state index in [1.807, 2.05) is 0 Å². The highest BCUT2D eigenvalue weighted by Crippen LogP contribution is 2.12. The molecule has 0 bridgehead atoms. The van der Waals surface area contributed by atoms with Gasteiger partial charge >= 0.3 is 0 Å². The van der Waals surface area contributed by atoms with Crippen LogP contribution in [0.4, 0.5) is 11.6 Å². The maximum atomic E-state index is 9.66. The molecule has 6 N–H and O–H groups in total. The van der Waals surface area contributed by atoms with Crippen molar-refractivity contribution in [3.8, 4) is 0 Å². The molecule has 1 unspecified atom stereocenters. The van der Waals surface area contributed by atoms with Gasteiger partial charge in [0.1, 0.15) is 23.8 Å². The number of rotatable bonds is 7. The highest BCUT2D eigenvalue weighted by molar-refractivity contribution is 5.47. The number of methoxy groups -OCH3 is 1. The molecule has 0 spiro atoms. The fourth-order valence-electron chi connectivity index (χ4n) is 1.19. The summed E-state index contributed by atoms with van der Waals surface area (Å²) in [6, 6.07) is 1.59. The van der Waals surface area contributed by atoms with E-state index in [4.69, 9.17) is 15.7 Å². The fourth-order valence-corrected chi connectivity index (χ4v) is 1.19. The first-order valence-electron chi connectivity index (χ1n) is 5.41. The zero-order valence-electron chi connectivity index (χ0n) is 10.5. The van der Waals surface area contributed by atoms with Crippen LogP contribution < -0.4 is 16.6 Å². The van der Waals surface area contributed by atoms with Gasteiger partial charge in [0.2, 0.25) is 0 Å². The van der Waals surface area contributed by atoms with Crippen molar-refractivity contribution in [2.75, 3.05) is 31.0 Å². The van der Waals surface area contributed by atoms with Crippen molar-refractivity contribution in [3.05, 3.63) is 11.9 Å². The Morgan fingerprint density at radius 3 is 2.67 bits per heavy atom. The molecule has 1 rings (SSSR count). The smallest absolute Gasteiger partial charge is 0.158 e. The van der Waals surface area contributed by atoms with Gasteiger partial charge in [-0.3, -0.25) is 0 Å². The van der Waals surface area contributed by atoms with E-state index in [1.165, 1.54) is 14.0 Å². The first-order valence-corrected chi connectivity index (χ1v) is 5.41. The third-order valence-corrected chi connectivity index (χ3v) is 2.18. The number of aromatic nitrogens is 2. The summed E-state index contributed by atoms with van der Waals surface area (Å²) in [5, 5.41) is 21.5. The molecule has 0 amide bonds. The molecule has 1 heterocycles. The average Bonchev–Trinajstić information content (AvgIpc) is 2.37. The van der Waals surface area contributed by atoms with E-state index in [-0.39, 0.29) is 19.8 Å². The molecular weight excluding hydrogens is 238 g/mol. The van der Waals surface area contributed by atoms with Crippen LogP contribution in [0, 0.1) is 0 Å². The number of nitrogens with zero attached hydrogens (tertiary/aromatic N) is 2. The molecule has 1 aromatic rings. The monoisotopic (exact) mass is 257 g/mol. The van der Waals surface area contributed by atoms with Crippen LogP contribution in [-0.2, 0) is 11.3 Å². The molecule has 18 heavy (non-hydrogen) atoms. The van der Waals surface area contributed by atoms with Crippen molar-refractivity contribution in [2.24, 2.45) is 5.84 Å². The van der Waals surface area contributed by atoms with Crippen LogP contribution in [0.25, 0.3) is 0 Å². The lowest BCUT2D eigenvalue weighted by molar-refractivity contribution is 0.0131. The lowest BCUT2D eigenvalue weighted by Gasteiger charge is -2.21. The van der Waals surface area contributed by atoms with Gasteiger partial charge < -0.3 is 25.7 Å². The Kier molecular flexibility index (Phi) is 5.23. The number of nitrogens with one attached hydrogen (secondary N) is 2. The quantitative estimate of drug-likeness (QED) is 0.313. The van der Waals surface area contributed by atoms with E-state index in [2.05, 4.69) is 20.7 Å². The first-order chi connectivity index (χ1) is 8.50. The van der Waals surface area contributed by atoms with Crippen molar-refractivity contribution >= 4 is 11.6 Å². The molecule has 0 aliphatic heterocycles. The Balaban J connectivity index is 2.78. The summed E-state index contributed by atoms with van der Waals surface area (Å²) in [7, 11) is 1.54. The minimum absolute atomic E-state index is 0.150. The van der Waals surface area contributed by atoms with Crippen LogP contribution in [0.2, 0.25) is 0 Å². The summed E-state index contributed by atoms with van der Waals surface area (Å²) >= 11 is 0. The zero-order valence-corrected chi connectivity index (χ0v) is 10.5. The average molecular weight is 257 g/mol. The van der Waals surface area contributed by atoms with E-state index < -0.39 is 5.60 Å². The van der Waals surface area contributed by atoms with Gasteiger partial charge in [-0.05, 0) is 6.92 Å². The van der Waals surface area contributed by atoms with Crippen LogP contribution in [0.15, 0.2) is 6.07 Å². The van der Waals surface area contributed by atoms with E-state index in [9.17, 15) is 5.11 Å². The SMILES string of the molecule is COCc1nc(NN)cc(NCC(C)(O)CO)n1. The Bertz CT molecular complexity index is 386. The van der Waals surface area contributed by atoms with Gasteiger partial charge in [0.25, 0.3) is 0 Å². The minimum atomic E-state index is -1.22. The number of hydrazine groups is 1. The third-order valence-electron chi connectivity index (χ3n) is 2.18. The number of aliphatic hydroxyl groups excluding tert-OH is 1. The Morgan fingerprint density at radius 2 is 2.11 bits per heavy atom. The van der Waals surface area contributed by atoms with Crippen LogP contribution >= 0.6 is 0 Å². The topological polar surface area (TPSA) is 126 Å². The van der Waals surface area contributed by atoms with Crippen LogP contribution in [0.1, 0.15) is 12.7 Å². The predicted molar refractivity (Wildman–Crippen MR) is 66.8 cm³/mol. The molecular formula is C10H19N5O3. The second-order valence-electron chi connectivity index (χ2n) is 4.14. The normalized spacial score (nSPS) is 14.1. The number of aliphatic hydroxyl groups is 2. The molecule has 0 fully saturated rings. The third kappa shape index (κ3) is 4.41. The summed E-state index contributed by atoms with van der Waals surface area (Å²) in [6.45, 7) is 1.56. The molecule has 0 saturated carbocycles. The second kappa shape index (κ2) is 6.45. The molecule has 1 atom stereocenters. The highest BCUT2D eigenvalue weighted by Gasteiger charge is 2.18. The Labute approximate surface area is 105 Å². The van der Waals surface area contributed by atoms with Crippen molar-refractivity contribution < 1.29 is 14.9 Å². The fraction of sp³-hybridized carbons (Fsp3) is 0.600. The number of ether oxygens (including phenoxy) is 1. The van der Waals surface area contributed by atoms with Crippen molar-refractivity contribution in [3.63, 3.8) is 0 Å². The first kappa shape index (κ1) is 14.6. The van der Waals surface area contributed by atoms with Gasteiger partial charge in [0.05, 0.1) is 6.61 Å². The molecule has 0 aliphatic rings. The molecule has 0 radical (unpaired) electrons. The highest BCUT2D eigenvalue weighted by atomic mass is 16.5. The maximum Gasteiger partial charge on any atom is 0.158 e. The molecule has 0 aliphatic carbocycles. The lowest BCUT2D eigenvalue weighted by Crippen LogP contribution is -2.37. The van der Waals surface area contributed by atoms with Crippen molar-refractivity contribution in [2.45, 2.75) is 19.1 Å². The van der Waals surface area contributed by atoms with Crippen molar-refractivity contribution in [1.82, 2.24) is 9.97 Å². The number of hydrogen-bond acceptors (Lipinski definition) is 8. The van der Waals surface area contributed by atoms with Gasteiger partial charge in [-0.25, -0.2) is 15.8 Å². The van der Waals surface area contributed by atoms with E-state index in [0.29, 0.717) is 17.5 Å². The van der Waals surface area contributed by atoms with E-state index >= 15 is 0 Å². The molecule has 102 valence electrons. The van der Waals surface area contributed by atoms with Gasteiger partial charge in [0.15, 0.2) is 5.82 Å². The molecule has 8 heteroatoms. The van der Waals surface area contributed by atoms with Crippen LogP contribution in [0.3, 0.4) is 0 Å². The van der Waals surface area contributed by atoms with E-state index in [0.717, 1.165) is 0 Å². The number of hydrogen-bond donors (Lipinski definition) is 5. The maximum absolute atomic E-state index is 9.66.